The highest BCUT2D eigenvalue weighted by atomic mass is 79.9. The molecule has 1 saturated heterocycles. The van der Waals surface area contributed by atoms with Crippen molar-refractivity contribution in [3.8, 4) is 0 Å². The van der Waals surface area contributed by atoms with Crippen molar-refractivity contribution in [1.29, 1.82) is 0 Å². The molecule has 26 heavy (non-hydrogen) atoms. The first-order chi connectivity index (χ1) is 12.7. The van der Waals surface area contributed by atoms with Crippen molar-refractivity contribution in [3.63, 3.8) is 0 Å². The first-order valence-electron chi connectivity index (χ1n) is 9.13. The zero-order chi connectivity index (χ0) is 18.2. The number of piperazine rings is 1. The van der Waals surface area contributed by atoms with E-state index in [2.05, 4.69) is 57.7 Å². The summed E-state index contributed by atoms with van der Waals surface area (Å²) in [7, 11) is 0. The molecule has 0 saturated carbocycles. The van der Waals surface area contributed by atoms with E-state index in [0.29, 0.717) is 6.54 Å². The maximum atomic E-state index is 12.2. The van der Waals surface area contributed by atoms with Crippen LogP contribution in [0.15, 0.2) is 65.1 Å². The largest absolute Gasteiger partial charge is 0.322 e. The minimum absolute atomic E-state index is 0.0924. The van der Waals surface area contributed by atoms with Gasteiger partial charge in [0.2, 0.25) is 0 Å². The normalized spacial score (nSPS) is 20.2. The van der Waals surface area contributed by atoms with Gasteiger partial charge in [-0.15, -0.1) is 0 Å². The smallest absolute Gasteiger partial charge is 0.279 e. The van der Waals surface area contributed by atoms with E-state index < -0.39 is 0 Å². The number of hydrogen-bond donors (Lipinski definition) is 3. The monoisotopic (exact) mass is 415 g/mol. The van der Waals surface area contributed by atoms with E-state index in [1.807, 2.05) is 30.3 Å². The summed E-state index contributed by atoms with van der Waals surface area (Å²) in [6.45, 7) is 5.90. The van der Waals surface area contributed by atoms with Gasteiger partial charge in [-0.2, -0.15) is 0 Å². The lowest BCUT2D eigenvalue weighted by molar-refractivity contribution is -1.01. The molecule has 3 rings (SSSR count). The average molecular weight is 416 g/mol. The number of hydrogen-bond acceptors (Lipinski definition) is 1. The van der Waals surface area contributed by atoms with E-state index in [-0.39, 0.29) is 5.91 Å². The number of carbonyl (C=O) groups excluding carboxylic acids is 1. The summed E-state index contributed by atoms with van der Waals surface area (Å²) in [5.41, 5.74) is 2.11. The fourth-order valence-electron chi connectivity index (χ4n) is 3.23. The lowest BCUT2D eigenvalue weighted by atomic mass is 10.2. The summed E-state index contributed by atoms with van der Waals surface area (Å²) in [4.78, 5) is 15.2. The van der Waals surface area contributed by atoms with Gasteiger partial charge in [0.15, 0.2) is 6.54 Å². The molecule has 0 aromatic heterocycles. The molecule has 2 aromatic rings. The molecule has 3 N–H and O–H groups in total. The van der Waals surface area contributed by atoms with Gasteiger partial charge in [0.1, 0.15) is 26.2 Å². The SMILES string of the molecule is O=C(C[NH+]1CC[NH+](C/C=C/c2ccccc2)CC1)Nc1ccc(Br)cc1. The van der Waals surface area contributed by atoms with Crippen molar-refractivity contribution in [2.24, 2.45) is 0 Å². The van der Waals surface area contributed by atoms with Gasteiger partial charge in [-0.3, -0.25) is 4.79 Å². The predicted octanol–water partition coefficient (Wildman–Crippen LogP) is 0.884. The van der Waals surface area contributed by atoms with Crippen LogP contribution < -0.4 is 15.1 Å². The summed E-state index contributed by atoms with van der Waals surface area (Å²) in [5.74, 6) is 0.0924. The highest BCUT2D eigenvalue weighted by Crippen LogP contribution is 2.13. The second-order valence-electron chi connectivity index (χ2n) is 6.75. The van der Waals surface area contributed by atoms with E-state index in [9.17, 15) is 4.79 Å². The van der Waals surface area contributed by atoms with Crippen LogP contribution in [0, 0.1) is 0 Å². The Bertz CT molecular complexity index is 723. The van der Waals surface area contributed by atoms with Crippen molar-refractivity contribution < 1.29 is 14.6 Å². The van der Waals surface area contributed by atoms with E-state index >= 15 is 0 Å². The van der Waals surface area contributed by atoms with Gasteiger partial charge >= 0.3 is 0 Å². The molecule has 0 unspecified atom stereocenters. The van der Waals surface area contributed by atoms with Crippen molar-refractivity contribution in [2.75, 3.05) is 44.6 Å². The molecule has 0 atom stereocenters. The Morgan fingerprint density at radius 1 is 0.962 bits per heavy atom. The fraction of sp³-hybridized carbons (Fsp3) is 0.286. The molecule has 1 aliphatic rings. The molecule has 1 fully saturated rings. The summed E-state index contributed by atoms with van der Waals surface area (Å²) >= 11 is 3.40. The first-order valence-corrected chi connectivity index (χ1v) is 9.92. The quantitative estimate of drug-likeness (QED) is 0.643. The van der Waals surface area contributed by atoms with Gasteiger partial charge in [-0.25, -0.2) is 0 Å². The van der Waals surface area contributed by atoms with Crippen LogP contribution in [0.25, 0.3) is 6.08 Å². The Morgan fingerprint density at radius 3 is 2.31 bits per heavy atom. The number of halogens is 1. The zero-order valence-corrected chi connectivity index (χ0v) is 16.5. The van der Waals surface area contributed by atoms with Gasteiger partial charge in [0.25, 0.3) is 5.91 Å². The van der Waals surface area contributed by atoms with Gasteiger partial charge in [0.05, 0.1) is 6.54 Å². The Balaban J connectivity index is 1.37. The van der Waals surface area contributed by atoms with E-state index in [1.165, 1.54) is 10.5 Å². The molecule has 136 valence electrons. The van der Waals surface area contributed by atoms with Crippen LogP contribution in [-0.2, 0) is 4.79 Å². The lowest BCUT2D eigenvalue weighted by Crippen LogP contribution is -3.28. The van der Waals surface area contributed by atoms with Gasteiger partial charge in [-0.05, 0) is 35.9 Å². The number of carbonyl (C=O) groups is 1. The van der Waals surface area contributed by atoms with E-state index in [0.717, 1.165) is 42.9 Å². The zero-order valence-electron chi connectivity index (χ0n) is 14.9. The molecule has 0 radical (unpaired) electrons. The Hall–Kier alpha value is -1.95. The number of nitrogens with one attached hydrogen (secondary N) is 3. The van der Waals surface area contributed by atoms with Gasteiger partial charge < -0.3 is 15.1 Å². The number of anilines is 1. The molecule has 1 amide bonds. The Kier molecular flexibility index (Phi) is 7.00. The molecule has 4 nitrogen and oxygen atoms in total. The summed E-state index contributed by atoms with van der Waals surface area (Å²) in [6, 6.07) is 18.1. The second kappa shape index (κ2) is 9.67. The Morgan fingerprint density at radius 2 is 1.62 bits per heavy atom. The number of benzene rings is 2. The molecule has 0 bridgehead atoms. The van der Waals surface area contributed by atoms with Crippen molar-refractivity contribution in [1.82, 2.24) is 0 Å². The van der Waals surface area contributed by atoms with Gasteiger partial charge in [0, 0.05) is 10.2 Å². The molecular weight excluding hydrogens is 390 g/mol. The molecule has 1 heterocycles. The molecule has 0 spiro atoms. The molecule has 0 aliphatic carbocycles. The second-order valence-corrected chi connectivity index (χ2v) is 7.66. The molecule has 2 aromatic carbocycles. The predicted molar refractivity (Wildman–Crippen MR) is 109 cm³/mol. The first kappa shape index (κ1) is 18.8. The minimum atomic E-state index is 0.0924. The number of rotatable bonds is 6. The summed E-state index contributed by atoms with van der Waals surface area (Å²) in [5, 5.41) is 2.98. The van der Waals surface area contributed by atoms with Crippen LogP contribution in [0.5, 0.6) is 0 Å². The van der Waals surface area contributed by atoms with Crippen LogP contribution >= 0.6 is 15.9 Å². The maximum absolute atomic E-state index is 12.2. The van der Waals surface area contributed by atoms with Crippen LogP contribution in [0.2, 0.25) is 0 Å². The van der Waals surface area contributed by atoms with Crippen LogP contribution in [0.1, 0.15) is 5.56 Å². The molecule has 5 heteroatoms. The highest BCUT2D eigenvalue weighted by molar-refractivity contribution is 9.10. The third-order valence-electron chi connectivity index (χ3n) is 4.72. The fourth-order valence-corrected chi connectivity index (χ4v) is 3.49. The van der Waals surface area contributed by atoms with Crippen LogP contribution in [0.3, 0.4) is 0 Å². The maximum Gasteiger partial charge on any atom is 0.279 e. The number of amides is 1. The van der Waals surface area contributed by atoms with Crippen molar-refractivity contribution >= 4 is 33.6 Å². The van der Waals surface area contributed by atoms with E-state index in [4.69, 9.17) is 0 Å². The Labute approximate surface area is 163 Å². The van der Waals surface area contributed by atoms with Crippen molar-refractivity contribution in [2.45, 2.75) is 0 Å². The highest BCUT2D eigenvalue weighted by Gasteiger charge is 2.23. The summed E-state index contributed by atoms with van der Waals surface area (Å²) < 4.78 is 1.02. The third-order valence-corrected chi connectivity index (χ3v) is 5.25. The topological polar surface area (TPSA) is 38.0 Å². The standard InChI is InChI=1S/C21H24BrN3O/c22-19-8-10-20(11-9-19)23-21(26)17-25-15-13-24(14-16-25)12-4-7-18-5-2-1-3-6-18/h1-11H,12-17H2,(H,23,26)/p+2/b7-4+. The average Bonchev–Trinajstić information content (AvgIpc) is 2.66. The molecular formula is C21H26BrN3O+2. The number of quaternary nitrogens is 2. The van der Waals surface area contributed by atoms with Crippen molar-refractivity contribution in [3.05, 3.63) is 70.7 Å². The third kappa shape index (κ3) is 6.09. The van der Waals surface area contributed by atoms with Crippen LogP contribution in [-0.4, -0.2) is 45.2 Å². The van der Waals surface area contributed by atoms with Crippen LogP contribution in [0.4, 0.5) is 5.69 Å². The van der Waals surface area contributed by atoms with Gasteiger partial charge in [-0.1, -0.05) is 52.3 Å². The summed E-state index contributed by atoms with van der Waals surface area (Å²) in [6.07, 6.45) is 4.45. The minimum Gasteiger partial charge on any atom is -0.322 e. The lowest BCUT2D eigenvalue weighted by Gasteiger charge is -2.28. The van der Waals surface area contributed by atoms with E-state index in [1.54, 1.807) is 4.90 Å². The molecule has 1 aliphatic heterocycles.